The summed E-state index contributed by atoms with van der Waals surface area (Å²) in [5, 5.41) is 14.4. The Bertz CT molecular complexity index is 476. The Balaban J connectivity index is 2.14. The van der Waals surface area contributed by atoms with Crippen molar-refractivity contribution in [1.82, 2.24) is 0 Å². The first-order chi connectivity index (χ1) is 9.58. The summed E-state index contributed by atoms with van der Waals surface area (Å²) < 4.78 is 5.40. The van der Waals surface area contributed by atoms with Crippen LogP contribution in [0.2, 0.25) is 0 Å². The van der Waals surface area contributed by atoms with Crippen molar-refractivity contribution in [3.63, 3.8) is 0 Å². The summed E-state index contributed by atoms with van der Waals surface area (Å²) >= 11 is 0. The van der Waals surface area contributed by atoms with Crippen LogP contribution in [0.4, 0.5) is 11.4 Å². The second-order valence-electron chi connectivity index (χ2n) is 5.52. The Hall–Kier alpha value is -1.78. The van der Waals surface area contributed by atoms with Crippen molar-refractivity contribution in [3.05, 3.63) is 28.3 Å². The van der Waals surface area contributed by atoms with E-state index in [4.69, 9.17) is 4.74 Å². The third-order valence-electron chi connectivity index (χ3n) is 3.72. The Kier molecular flexibility index (Phi) is 4.82. The zero-order chi connectivity index (χ0) is 14.5. The van der Waals surface area contributed by atoms with E-state index in [0.29, 0.717) is 24.3 Å². The monoisotopic (exact) mass is 278 g/mol. The van der Waals surface area contributed by atoms with E-state index in [1.54, 1.807) is 6.07 Å². The highest BCUT2D eigenvalue weighted by molar-refractivity contribution is 5.56. The van der Waals surface area contributed by atoms with Crippen molar-refractivity contribution in [2.24, 2.45) is 5.92 Å². The Labute approximate surface area is 119 Å². The number of anilines is 1. The van der Waals surface area contributed by atoms with E-state index >= 15 is 0 Å². The standard InChI is InChI=1S/C15H22N2O3/c1-3-20-15-9-13(8-14(10-15)17(18)19)16-12-6-4-5-11(2)7-12/h8-12,16H,3-7H2,1-2H3. The molecule has 5 heteroatoms. The average Bonchev–Trinajstić information content (AvgIpc) is 2.38. The summed E-state index contributed by atoms with van der Waals surface area (Å²) in [4.78, 5) is 10.6. The third-order valence-corrected chi connectivity index (χ3v) is 3.72. The molecule has 1 fully saturated rings. The highest BCUT2D eigenvalue weighted by Crippen LogP contribution is 2.30. The van der Waals surface area contributed by atoms with Crippen LogP contribution in [0.1, 0.15) is 39.5 Å². The normalized spacial score (nSPS) is 22.3. The van der Waals surface area contributed by atoms with Crippen LogP contribution in [0.15, 0.2) is 18.2 Å². The molecule has 1 aliphatic rings. The first-order valence-corrected chi connectivity index (χ1v) is 7.27. The number of non-ortho nitro benzene ring substituents is 1. The van der Waals surface area contributed by atoms with E-state index in [-0.39, 0.29) is 10.6 Å². The molecule has 0 spiro atoms. The molecule has 1 saturated carbocycles. The fourth-order valence-electron chi connectivity index (χ4n) is 2.82. The highest BCUT2D eigenvalue weighted by Gasteiger charge is 2.19. The van der Waals surface area contributed by atoms with Gasteiger partial charge >= 0.3 is 0 Å². The van der Waals surface area contributed by atoms with Crippen molar-refractivity contribution in [1.29, 1.82) is 0 Å². The number of nitro groups is 1. The summed E-state index contributed by atoms with van der Waals surface area (Å²) in [6.45, 7) is 4.63. The number of rotatable bonds is 5. The molecule has 2 atom stereocenters. The van der Waals surface area contributed by atoms with Crippen molar-refractivity contribution in [2.45, 2.75) is 45.6 Å². The minimum absolute atomic E-state index is 0.0716. The van der Waals surface area contributed by atoms with Gasteiger partial charge in [-0.3, -0.25) is 10.1 Å². The van der Waals surface area contributed by atoms with Crippen LogP contribution in [0, 0.1) is 16.0 Å². The van der Waals surface area contributed by atoms with Gasteiger partial charge in [0.15, 0.2) is 0 Å². The van der Waals surface area contributed by atoms with Gasteiger partial charge in [-0.15, -0.1) is 0 Å². The van der Waals surface area contributed by atoms with Gasteiger partial charge in [-0.05, 0) is 25.7 Å². The molecule has 0 bridgehead atoms. The summed E-state index contributed by atoms with van der Waals surface area (Å²) in [5.74, 6) is 1.26. The van der Waals surface area contributed by atoms with Crippen LogP contribution in [-0.4, -0.2) is 17.6 Å². The molecule has 0 heterocycles. The smallest absolute Gasteiger partial charge is 0.275 e. The first kappa shape index (κ1) is 14.6. The molecule has 2 unspecified atom stereocenters. The zero-order valence-electron chi connectivity index (χ0n) is 12.1. The fourth-order valence-corrected chi connectivity index (χ4v) is 2.82. The molecule has 110 valence electrons. The molecular formula is C15H22N2O3. The van der Waals surface area contributed by atoms with Crippen LogP contribution in [0.25, 0.3) is 0 Å². The predicted molar refractivity (Wildman–Crippen MR) is 79.3 cm³/mol. The van der Waals surface area contributed by atoms with E-state index in [0.717, 1.165) is 18.5 Å². The van der Waals surface area contributed by atoms with E-state index in [2.05, 4.69) is 12.2 Å². The molecule has 0 amide bonds. The molecule has 1 aromatic carbocycles. The maximum atomic E-state index is 11.0. The third kappa shape index (κ3) is 3.85. The van der Waals surface area contributed by atoms with Gasteiger partial charge in [0.1, 0.15) is 5.75 Å². The lowest BCUT2D eigenvalue weighted by Crippen LogP contribution is -2.26. The quantitative estimate of drug-likeness (QED) is 0.653. The molecule has 0 saturated heterocycles. The fraction of sp³-hybridized carbons (Fsp3) is 0.600. The van der Waals surface area contributed by atoms with Gasteiger partial charge in [0.2, 0.25) is 0 Å². The van der Waals surface area contributed by atoms with E-state index in [1.165, 1.54) is 18.9 Å². The Morgan fingerprint density at radius 1 is 1.40 bits per heavy atom. The summed E-state index contributed by atoms with van der Waals surface area (Å²) in [7, 11) is 0. The zero-order valence-corrected chi connectivity index (χ0v) is 12.1. The first-order valence-electron chi connectivity index (χ1n) is 7.27. The maximum absolute atomic E-state index is 11.0. The van der Waals surface area contributed by atoms with E-state index < -0.39 is 0 Å². The molecule has 1 aromatic rings. The van der Waals surface area contributed by atoms with Crippen molar-refractivity contribution in [2.75, 3.05) is 11.9 Å². The van der Waals surface area contributed by atoms with Gasteiger partial charge in [0.25, 0.3) is 5.69 Å². The SMILES string of the molecule is CCOc1cc(NC2CCCC(C)C2)cc([N+](=O)[O-])c1. The number of nitrogens with zero attached hydrogens (tertiary/aromatic N) is 1. The number of nitro benzene ring substituents is 1. The molecular weight excluding hydrogens is 256 g/mol. The highest BCUT2D eigenvalue weighted by atomic mass is 16.6. The van der Waals surface area contributed by atoms with Crippen molar-refractivity contribution >= 4 is 11.4 Å². The summed E-state index contributed by atoms with van der Waals surface area (Å²) in [6.07, 6.45) is 4.73. The van der Waals surface area contributed by atoms with Gasteiger partial charge in [-0.1, -0.05) is 19.8 Å². The molecule has 0 aromatic heterocycles. The number of nitrogens with one attached hydrogen (secondary N) is 1. The van der Waals surface area contributed by atoms with Gasteiger partial charge in [-0.25, -0.2) is 0 Å². The van der Waals surface area contributed by atoms with Gasteiger partial charge < -0.3 is 10.1 Å². The molecule has 5 nitrogen and oxygen atoms in total. The molecule has 2 rings (SSSR count). The minimum Gasteiger partial charge on any atom is -0.494 e. The molecule has 20 heavy (non-hydrogen) atoms. The molecule has 1 aliphatic carbocycles. The second-order valence-corrected chi connectivity index (χ2v) is 5.52. The topological polar surface area (TPSA) is 64.4 Å². The number of ether oxygens (including phenoxy) is 1. The number of hydrogen-bond acceptors (Lipinski definition) is 4. The minimum atomic E-state index is -0.378. The van der Waals surface area contributed by atoms with Gasteiger partial charge in [0.05, 0.1) is 17.6 Å². The Morgan fingerprint density at radius 2 is 2.20 bits per heavy atom. The van der Waals surface area contributed by atoms with Gasteiger partial charge in [0, 0.05) is 23.9 Å². The Morgan fingerprint density at radius 3 is 2.85 bits per heavy atom. The largest absolute Gasteiger partial charge is 0.494 e. The summed E-state index contributed by atoms with van der Waals surface area (Å²) in [6, 6.07) is 5.30. The molecule has 1 N–H and O–H groups in total. The average molecular weight is 278 g/mol. The van der Waals surface area contributed by atoms with E-state index in [9.17, 15) is 10.1 Å². The van der Waals surface area contributed by atoms with E-state index in [1.807, 2.05) is 13.0 Å². The number of benzene rings is 1. The maximum Gasteiger partial charge on any atom is 0.275 e. The van der Waals surface area contributed by atoms with Crippen molar-refractivity contribution in [3.8, 4) is 5.75 Å². The second kappa shape index (κ2) is 6.59. The van der Waals surface area contributed by atoms with Crippen LogP contribution in [0.5, 0.6) is 5.75 Å². The van der Waals surface area contributed by atoms with Crippen molar-refractivity contribution < 1.29 is 9.66 Å². The van der Waals surface area contributed by atoms with Gasteiger partial charge in [-0.2, -0.15) is 0 Å². The van der Waals surface area contributed by atoms with Crippen LogP contribution >= 0.6 is 0 Å². The lowest BCUT2D eigenvalue weighted by molar-refractivity contribution is -0.384. The van der Waals surface area contributed by atoms with Crippen LogP contribution in [-0.2, 0) is 0 Å². The predicted octanol–water partition coefficient (Wildman–Crippen LogP) is 3.98. The van der Waals surface area contributed by atoms with Crippen LogP contribution < -0.4 is 10.1 Å². The summed E-state index contributed by atoms with van der Waals surface area (Å²) in [5.41, 5.74) is 0.851. The number of hydrogen-bond donors (Lipinski definition) is 1. The molecule has 0 aliphatic heterocycles. The lowest BCUT2D eigenvalue weighted by atomic mass is 9.87. The lowest BCUT2D eigenvalue weighted by Gasteiger charge is -2.28. The van der Waals surface area contributed by atoms with Crippen LogP contribution in [0.3, 0.4) is 0 Å². The molecule has 0 radical (unpaired) electrons.